The van der Waals surface area contributed by atoms with Crippen molar-refractivity contribution in [3.8, 4) is 5.75 Å². The summed E-state index contributed by atoms with van der Waals surface area (Å²) in [5.74, 6) is -3.29. The largest absolute Gasteiger partial charge is 0.465 e. The Kier molecular flexibility index (Phi) is 8.64. The van der Waals surface area contributed by atoms with Crippen molar-refractivity contribution in [3.05, 3.63) is 85.8 Å². The summed E-state index contributed by atoms with van der Waals surface area (Å²) < 4.78 is 10.3. The van der Waals surface area contributed by atoms with Crippen LogP contribution in [0.15, 0.2) is 53.6 Å². The summed E-state index contributed by atoms with van der Waals surface area (Å²) in [5.41, 5.74) is 3.81. The summed E-state index contributed by atoms with van der Waals surface area (Å²) >= 11 is 1.25. The Bertz CT molecular complexity index is 1530. The van der Waals surface area contributed by atoms with Gasteiger partial charge in [0.2, 0.25) is 0 Å². The number of rotatable bonds is 7. The third-order valence-electron chi connectivity index (χ3n) is 6.11. The molecule has 1 heterocycles. The molecule has 4 rings (SSSR count). The minimum atomic E-state index is -1.07. The molecule has 2 N–H and O–H groups in total. The molecule has 40 heavy (non-hydrogen) atoms. The van der Waals surface area contributed by atoms with Crippen molar-refractivity contribution in [2.45, 2.75) is 32.6 Å². The van der Waals surface area contributed by atoms with Crippen LogP contribution < -0.4 is 15.5 Å². The quantitative estimate of drug-likeness (QED) is 0.108. The van der Waals surface area contributed by atoms with Gasteiger partial charge in [-0.15, -0.1) is 11.3 Å². The molecule has 0 fully saturated rings. The lowest BCUT2D eigenvalue weighted by molar-refractivity contribution is -0.384. The molecule has 1 aliphatic rings. The van der Waals surface area contributed by atoms with Crippen LogP contribution in [0.4, 0.5) is 10.7 Å². The summed E-state index contributed by atoms with van der Waals surface area (Å²) in [6.45, 7) is 1.54. The van der Waals surface area contributed by atoms with Gasteiger partial charge >= 0.3 is 23.8 Å². The van der Waals surface area contributed by atoms with E-state index >= 15 is 0 Å². The first kappa shape index (κ1) is 28.1. The molecule has 2 amide bonds. The number of hydrazone groups is 1. The Hall–Kier alpha value is -4.91. The number of non-ortho nitro benzene ring substituents is 1. The molecule has 0 unspecified atom stereocenters. The number of fused-ring (bicyclic) bond motifs is 1. The number of ether oxygens (including phenoxy) is 2. The van der Waals surface area contributed by atoms with Crippen molar-refractivity contribution < 1.29 is 33.6 Å². The Balaban J connectivity index is 1.45. The number of esters is 2. The smallest absolute Gasteiger partial charge is 0.343 e. The van der Waals surface area contributed by atoms with Gasteiger partial charge in [-0.05, 0) is 62.4 Å². The summed E-state index contributed by atoms with van der Waals surface area (Å²) in [4.78, 5) is 61.3. The molecule has 13 heteroatoms. The van der Waals surface area contributed by atoms with Crippen LogP contribution in [0.1, 0.15) is 56.5 Å². The first-order chi connectivity index (χ1) is 19.2. The van der Waals surface area contributed by atoms with Gasteiger partial charge < -0.3 is 14.8 Å². The Morgan fingerprint density at radius 1 is 0.975 bits per heavy atom. The van der Waals surface area contributed by atoms with E-state index in [1.54, 1.807) is 25.1 Å². The number of nitrogens with one attached hydrogen (secondary N) is 2. The van der Waals surface area contributed by atoms with Gasteiger partial charge in [0.05, 0.1) is 28.9 Å². The first-order valence-electron chi connectivity index (χ1n) is 12.1. The predicted molar refractivity (Wildman–Crippen MR) is 146 cm³/mol. The molecule has 0 saturated carbocycles. The van der Waals surface area contributed by atoms with Crippen molar-refractivity contribution >= 4 is 51.5 Å². The number of hydrogen-bond donors (Lipinski definition) is 2. The highest BCUT2D eigenvalue weighted by Crippen LogP contribution is 2.38. The molecule has 1 aliphatic carbocycles. The lowest BCUT2D eigenvalue weighted by Crippen LogP contribution is -2.33. The number of amides is 2. The second kappa shape index (κ2) is 12.3. The van der Waals surface area contributed by atoms with Gasteiger partial charge in [0, 0.05) is 22.6 Å². The normalized spacial score (nSPS) is 12.6. The number of hydrogen-bond acceptors (Lipinski definition) is 10. The average Bonchev–Trinajstić information content (AvgIpc) is 3.33. The number of anilines is 1. The molecule has 0 saturated heterocycles. The van der Waals surface area contributed by atoms with Crippen LogP contribution in [0.3, 0.4) is 0 Å². The molecular formula is C27H24N4O8S. The fourth-order valence-corrected chi connectivity index (χ4v) is 5.38. The van der Waals surface area contributed by atoms with Crippen LogP contribution in [0, 0.1) is 10.1 Å². The van der Waals surface area contributed by atoms with Gasteiger partial charge in [0.15, 0.2) is 0 Å². The number of para-hydroxylation sites is 1. The van der Waals surface area contributed by atoms with Crippen LogP contribution in [-0.2, 0) is 27.2 Å². The number of benzene rings is 2. The summed E-state index contributed by atoms with van der Waals surface area (Å²) in [7, 11) is 1.26. The van der Waals surface area contributed by atoms with Crippen LogP contribution in [0.2, 0.25) is 0 Å². The monoisotopic (exact) mass is 564 g/mol. The number of nitro groups is 1. The van der Waals surface area contributed by atoms with Gasteiger partial charge in [-0.25, -0.2) is 15.0 Å². The summed E-state index contributed by atoms with van der Waals surface area (Å²) in [6.07, 6.45) is 3.36. The third-order valence-corrected chi connectivity index (χ3v) is 7.32. The third kappa shape index (κ3) is 6.21. The highest BCUT2D eigenvalue weighted by Gasteiger charge is 2.28. The molecule has 206 valence electrons. The molecule has 0 atom stereocenters. The van der Waals surface area contributed by atoms with Crippen molar-refractivity contribution in [2.24, 2.45) is 5.10 Å². The number of carbonyl (C=O) groups excluding carboxylic acids is 4. The maximum atomic E-state index is 12.6. The molecule has 12 nitrogen and oxygen atoms in total. The minimum Gasteiger partial charge on any atom is -0.465 e. The number of nitrogens with zero attached hydrogens (tertiary/aromatic N) is 2. The second-order valence-electron chi connectivity index (χ2n) is 8.69. The molecular weight excluding hydrogens is 540 g/mol. The van der Waals surface area contributed by atoms with E-state index in [0.717, 1.165) is 29.7 Å². The zero-order valence-electron chi connectivity index (χ0n) is 21.5. The van der Waals surface area contributed by atoms with Gasteiger partial charge in [-0.1, -0.05) is 12.1 Å². The van der Waals surface area contributed by atoms with Crippen molar-refractivity contribution in [1.29, 1.82) is 0 Å². The fraction of sp³-hybridized carbons (Fsp3) is 0.222. The van der Waals surface area contributed by atoms with E-state index in [1.807, 2.05) is 0 Å². The van der Waals surface area contributed by atoms with Crippen molar-refractivity contribution in [1.82, 2.24) is 5.43 Å². The van der Waals surface area contributed by atoms with Crippen molar-refractivity contribution in [3.63, 3.8) is 0 Å². The summed E-state index contributed by atoms with van der Waals surface area (Å²) in [5, 5.41) is 17.6. The zero-order chi connectivity index (χ0) is 28.8. The number of thiophene rings is 1. The van der Waals surface area contributed by atoms with Gasteiger partial charge in [-0.3, -0.25) is 19.7 Å². The zero-order valence-corrected chi connectivity index (χ0v) is 22.3. The van der Waals surface area contributed by atoms with Crippen LogP contribution in [0.25, 0.3) is 0 Å². The number of aryl methyl sites for hydroxylation is 1. The standard InChI is InChI=1S/C27H24N4O8S/c1-15(18-7-3-5-9-20(18)39-26(34)16-11-13-17(14-12-16)31(36)37)29-30-24(33)23(32)28-25-22(27(35)38-2)19-8-4-6-10-21(19)40-25/h3,5,7,9,11-14H,4,6,8,10H2,1-2H3,(H,28,32)(H,30,33)/b29-15+. The van der Waals surface area contributed by atoms with E-state index in [9.17, 15) is 29.3 Å². The lowest BCUT2D eigenvalue weighted by Gasteiger charge is -2.11. The Morgan fingerprint density at radius 3 is 2.38 bits per heavy atom. The van der Waals surface area contributed by atoms with Crippen LogP contribution in [0.5, 0.6) is 5.75 Å². The van der Waals surface area contributed by atoms with Gasteiger partial charge in [0.25, 0.3) is 5.69 Å². The molecule has 0 bridgehead atoms. The highest BCUT2D eigenvalue weighted by molar-refractivity contribution is 7.17. The van der Waals surface area contributed by atoms with E-state index in [2.05, 4.69) is 15.8 Å². The number of methoxy groups -OCH3 is 1. The highest BCUT2D eigenvalue weighted by atomic mass is 32.1. The summed E-state index contributed by atoms with van der Waals surface area (Å²) in [6, 6.07) is 11.3. The number of nitro benzene ring substituents is 1. The van der Waals surface area contributed by atoms with Crippen LogP contribution >= 0.6 is 11.3 Å². The minimum absolute atomic E-state index is 0.0987. The van der Waals surface area contributed by atoms with E-state index in [1.165, 1.54) is 48.8 Å². The number of carbonyl (C=O) groups is 4. The van der Waals surface area contributed by atoms with E-state index < -0.39 is 28.7 Å². The van der Waals surface area contributed by atoms with E-state index in [0.29, 0.717) is 12.0 Å². The average molecular weight is 565 g/mol. The lowest BCUT2D eigenvalue weighted by atomic mass is 9.95. The molecule has 1 aromatic heterocycles. The topological polar surface area (TPSA) is 166 Å². The molecule has 0 aliphatic heterocycles. The molecule has 0 radical (unpaired) electrons. The van der Waals surface area contributed by atoms with Crippen LogP contribution in [-0.4, -0.2) is 41.5 Å². The van der Waals surface area contributed by atoms with Gasteiger partial charge in [-0.2, -0.15) is 5.10 Å². The fourth-order valence-electron chi connectivity index (χ4n) is 4.11. The molecule has 2 aromatic carbocycles. The van der Waals surface area contributed by atoms with E-state index in [4.69, 9.17) is 9.47 Å². The SMILES string of the molecule is COC(=O)c1c(NC(=O)C(=O)N/N=C(\C)c2ccccc2OC(=O)c2ccc([N+](=O)[O-])cc2)sc2c1CCCC2. The maximum absolute atomic E-state index is 12.6. The predicted octanol–water partition coefficient (Wildman–Crippen LogP) is 4.02. The van der Waals surface area contributed by atoms with E-state index in [-0.39, 0.29) is 33.3 Å². The first-order valence-corrected chi connectivity index (χ1v) is 13.0. The molecule has 0 spiro atoms. The van der Waals surface area contributed by atoms with Crippen molar-refractivity contribution in [2.75, 3.05) is 12.4 Å². The Morgan fingerprint density at radius 2 is 1.68 bits per heavy atom. The molecule has 3 aromatic rings. The van der Waals surface area contributed by atoms with Gasteiger partial charge in [0.1, 0.15) is 10.8 Å². The maximum Gasteiger partial charge on any atom is 0.343 e. The Labute approximate surface area is 232 Å². The second-order valence-corrected chi connectivity index (χ2v) is 9.79.